The molecule has 0 bridgehead atoms. The molecule has 256 valence electrons. The minimum atomic E-state index is -1.54. The highest BCUT2D eigenvalue weighted by molar-refractivity contribution is 7.99. The fourth-order valence-electron chi connectivity index (χ4n) is 5.00. The van der Waals surface area contributed by atoms with Crippen LogP contribution in [-0.2, 0) is 40.0 Å². The van der Waals surface area contributed by atoms with Crippen molar-refractivity contribution in [2.45, 2.75) is 54.6 Å². The smallest absolute Gasteiger partial charge is 0.246 e. The predicted molar refractivity (Wildman–Crippen MR) is 170 cm³/mol. The summed E-state index contributed by atoms with van der Waals surface area (Å²) in [5.74, 6) is -5.30. The lowest BCUT2D eigenvalue weighted by Crippen LogP contribution is -2.58. The third kappa shape index (κ3) is 9.88. The molecular formula is C28H40N10O8S. The van der Waals surface area contributed by atoms with E-state index in [4.69, 9.17) is 22.9 Å². The number of nitrogens with two attached hydrogens (primary N) is 4. The summed E-state index contributed by atoms with van der Waals surface area (Å²) in [6.07, 6.45) is -1.75. The molecule has 14 N–H and O–H groups in total. The van der Waals surface area contributed by atoms with Crippen molar-refractivity contribution in [1.29, 1.82) is 0 Å². The van der Waals surface area contributed by atoms with Gasteiger partial charge < -0.3 is 59.2 Å². The van der Waals surface area contributed by atoms with Gasteiger partial charge in [-0.15, -0.1) is 11.8 Å². The van der Waals surface area contributed by atoms with Crippen molar-refractivity contribution in [3.05, 3.63) is 29.8 Å². The number of aliphatic hydroxyl groups is 1. The monoisotopic (exact) mass is 676 g/mol. The Morgan fingerprint density at radius 2 is 1.74 bits per heavy atom. The topological polar surface area (TPSA) is 311 Å². The van der Waals surface area contributed by atoms with Crippen LogP contribution in [0.1, 0.15) is 18.4 Å². The van der Waals surface area contributed by atoms with Gasteiger partial charge in [-0.25, -0.2) is 0 Å². The van der Waals surface area contributed by atoms with Crippen LogP contribution in [0.3, 0.4) is 0 Å². The molecule has 0 spiro atoms. The van der Waals surface area contributed by atoms with Crippen molar-refractivity contribution >= 4 is 64.0 Å². The third-order valence-corrected chi connectivity index (χ3v) is 8.52. The number of hydrogen-bond donors (Lipinski definition) is 10. The van der Waals surface area contributed by atoms with Gasteiger partial charge in [0.15, 0.2) is 0 Å². The number of aliphatic hydroxyl groups excluding tert-OH is 1. The molecule has 1 fully saturated rings. The van der Waals surface area contributed by atoms with Crippen LogP contribution in [0.25, 0.3) is 10.9 Å². The predicted octanol–water partition coefficient (Wildman–Crippen LogP) is -4.76. The SMILES string of the molecule is CNC(=O)CNC(=O)C(N)Cc1c(SC[C@@H](NC(=O)CN)C(=O)N[C@@H](CC(N)=O)C(=O)N2C[C@H](O)C[C@H]2C(N)=O)[nH]c2ccccc12. The molecular weight excluding hydrogens is 636 g/mol. The number of H-pyrrole nitrogens is 1. The van der Waals surface area contributed by atoms with E-state index in [0.717, 1.165) is 22.0 Å². The molecule has 1 aliphatic rings. The van der Waals surface area contributed by atoms with E-state index in [2.05, 4.69) is 26.3 Å². The first-order valence-electron chi connectivity index (χ1n) is 14.6. The van der Waals surface area contributed by atoms with Crippen LogP contribution in [0.5, 0.6) is 0 Å². The zero-order valence-corrected chi connectivity index (χ0v) is 26.4. The Morgan fingerprint density at radius 1 is 1.04 bits per heavy atom. The number of aromatic amines is 1. The summed E-state index contributed by atoms with van der Waals surface area (Å²) < 4.78 is 0. The lowest BCUT2D eigenvalue weighted by molar-refractivity contribution is -0.142. The Morgan fingerprint density at radius 3 is 2.38 bits per heavy atom. The highest BCUT2D eigenvalue weighted by Crippen LogP contribution is 2.31. The number of carbonyl (C=O) groups excluding carboxylic acids is 7. The number of likely N-dealkylation sites (tertiary alicyclic amines) is 1. The zero-order chi connectivity index (χ0) is 34.8. The summed E-state index contributed by atoms with van der Waals surface area (Å²) in [5, 5.41) is 21.1. The van der Waals surface area contributed by atoms with Crippen LogP contribution >= 0.6 is 11.8 Å². The van der Waals surface area contributed by atoms with Gasteiger partial charge in [0.05, 0.1) is 36.7 Å². The van der Waals surface area contributed by atoms with Crippen LogP contribution in [0.2, 0.25) is 0 Å². The number of amides is 7. The molecule has 0 radical (unpaired) electrons. The van der Waals surface area contributed by atoms with E-state index < -0.39 is 84.6 Å². The number of para-hydroxylation sites is 1. The van der Waals surface area contributed by atoms with E-state index in [1.165, 1.54) is 7.05 Å². The van der Waals surface area contributed by atoms with Crippen LogP contribution < -0.4 is 44.2 Å². The minimum Gasteiger partial charge on any atom is -0.391 e. The maximum absolute atomic E-state index is 13.5. The first kappa shape index (κ1) is 36.7. The number of fused-ring (bicyclic) bond motifs is 1. The summed E-state index contributed by atoms with van der Waals surface area (Å²) in [4.78, 5) is 91.3. The number of rotatable bonds is 16. The number of aromatic nitrogens is 1. The Bertz CT molecular complexity index is 1520. The molecule has 2 heterocycles. The number of likely N-dealkylation sites (N-methyl/N-ethyl adjacent to an activating group) is 1. The van der Waals surface area contributed by atoms with Gasteiger partial charge in [-0.2, -0.15) is 0 Å². The molecule has 0 aliphatic carbocycles. The second kappa shape index (κ2) is 16.7. The second-order valence-corrected chi connectivity index (χ2v) is 11.9. The molecule has 3 rings (SSSR count). The Labute approximate surface area is 273 Å². The maximum Gasteiger partial charge on any atom is 0.246 e. The number of β-amino-alcohol motifs (C(OH)–C–C–N with tert-alkyl or cyclic N) is 1. The van der Waals surface area contributed by atoms with Gasteiger partial charge in [0.25, 0.3) is 0 Å². The van der Waals surface area contributed by atoms with Gasteiger partial charge in [-0.3, -0.25) is 33.6 Å². The van der Waals surface area contributed by atoms with Crippen molar-refractivity contribution in [2.75, 3.05) is 32.4 Å². The molecule has 7 amide bonds. The molecule has 1 saturated heterocycles. The van der Waals surface area contributed by atoms with Crippen molar-refractivity contribution in [3.8, 4) is 0 Å². The molecule has 5 atom stereocenters. The quantitative estimate of drug-likeness (QED) is 0.0753. The van der Waals surface area contributed by atoms with Crippen LogP contribution in [0.4, 0.5) is 0 Å². The van der Waals surface area contributed by atoms with Crippen molar-refractivity contribution < 1.29 is 38.7 Å². The summed E-state index contributed by atoms with van der Waals surface area (Å²) in [5.41, 5.74) is 23.7. The minimum absolute atomic E-state index is 0.0514. The highest BCUT2D eigenvalue weighted by Gasteiger charge is 2.41. The Kier molecular flexibility index (Phi) is 13.1. The molecule has 1 aromatic heterocycles. The molecule has 1 aliphatic heterocycles. The normalized spacial score (nSPS) is 17.7. The molecule has 0 saturated carbocycles. The summed E-state index contributed by atoms with van der Waals surface area (Å²) >= 11 is 1.11. The fraction of sp³-hybridized carbons (Fsp3) is 0.464. The fourth-order valence-corrected chi connectivity index (χ4v) is 6.12. The van der Waals surface area contributed by atoms with Gasteiger partial charge in [-0.05, 0) is 18.1 Å². The van der Waals surface area contributed by atoms with Gasteiger partial charge >= 0.3 is 0 Å². The van der Waals surface area contributed by atoms with Crippen molar-refractivity contribution in [2.24, 2.45) is 22.9 Å². The van der Waals surface area contributed by atoms with Crippen LogP contribution in [0.15, 0.2) is 29.3 Å². The standard InChI is InChI=1S/C28H40N10O8S/c1-33-23(42)10-34-25(44)16(30)7-15-14-4-2-3-5-17(14)37-27(15)47-12-19(35-22(41)9-29)26(45)36-18(8-21(31)40)28(46)38-11-13(39)6-20(38)24(32)43/h2-5,13,16,18-20,37,39H,6-12,29-30H2,1H3,(H2,31,40)(H2,32,43)(H,33,42)(H,34,44)(H,35,41)(H,36,45)/t13-,16?,18+,19-,20+/m1/s1. The van der Waals surface area contributed by atoms with Crippen molar-refractivity contribution in [3.63, 3.8) is 0 Å². The Balaban J connectivity index is 1.83. The summed E-state index contributed by atoms with van der Waals surface area (Å²) in [6.45, 7) is -0.964. The number of thioether (sulfide) groups is 1. The number of nitrogens with one attached hydrogen (secondary N) is 5. The number of primary amides is 2. The van der Waals surface area contributed by atoms with E-state index >= 15 is 0 Å². The molecule has 18 nitrogen and oxygen atoms in total. The average Bonchev–Trinajstić information content (AvgIpc) is 3.60. The van der Waals surface area contributed by atoms with Gasteiger partial charge in [-0.1, -0.05) is 18.2 Å². The van der Waals surface area contributed by atoms with E-state index in [1.807, 2.05) is 6.07 Å². The first-order valence-corrected chi connectivity index (χ1v) is 15.6. The molecule has 2 aromatic rings. The second-order valence-electron chi connectivity index (χ2n) is 10.8. The molecule has 1 unspecified atom stereocenters. The lowest BCUT2D eigenvalue weighted by Gasteiger charge is -2.28. The molecule has 47 heavy (non-hydrogen) atoms. The number of hydrogen-bond acceptors (Lipinski definition) is 11. The first-order chi connectivity index (χ1) is 22.2. The van der Waals surface area contributed by atoms with Crippen molar-refractivity contribution in [1.82, 2.24) is 31.2 Å². The largest absolute Gasteiger partial charge is 0.391 e. The van der Waals surface area contributed by atoms with E-state index in [-0.39, 0.29) is 31.7 Å². The van der Waals surface area contributed by atoms with Gasteiger partial charge in [0.2, 0.25) is 41.4 Å². The van der Waals surface area contributed by atoms with Crippen LogP contribution in [-0.4, -0.2) is 119 Å². The Hall–Kier alpha value is -4.72. The molecule has 1 aromatic carbocycles. The number of nitrogens with zero attached hydrogens (tertiary/aromatic N) is 1. The summed E-state index contributed by atoms with van der Waals surface area (Å²) in [6, 6.07) is 2.17. The molecule has 19 heteroatoms. The maximum atomic E-state index is 13.5. The third-order valence-electron chi connectivity index (χ3n) is 7.38. The summed E-state index contributed by atoms with van der Waals surface area (Å²) in [7, 11) is 1.43. The van der Waals surface area contributed by atoms with Crippen LogP contribution in [0, 0.1) is 0 Å². The van der Waals surface area contributed by atoms with E-state index in [1.54, 1.807) is 18.2 Å². The number of carbonyl (C=O) groups is 7. The average molecular weight is 677 g/mol. The van der Waals surface area contributed by atoms with Gasteiger partial charge in [0, 0.05) is 36.7 Å². The lowest BCUT2D eigenvalue weighted by atomic mass is 10.0. The number of benzene rings is 1. The highest BCUT2D eigenvalue weighted by atomic mass is 32.2. The van der Waals surface area contributed by atoms with Gasteiger partial charge in [0.1, 0.15) is 18.1 Å². The van der Waals surface area contributed by atoms with E-state index in [0.29, 0.717) is 16.1 Å². The zero-order valence-electron chi connectivity index (χ0n) is 25.6. The van der Waals surface area contributed by atoms with E-state index in [9.17, 15) is 38.7 Å².